The molecule has 4 N–H and O–H groups in total. The van der Waals surface area contributed by atoms with Crippen LogP contribution in [-0.2, 0) is 9.59 Å². The van der Waals surface area contributed by atoms with E-state index in [4.69, 9.17) is 5.84 Å². The van der Waals surface area contributed by atoms with Crippen molar-refractivity contribution >= 4 is 28.9 Å². The van der Waals surface area contributed by atoms with Crippen molar-refractivity contribution in [2.75, 3.05) is 0 Å². The predicted octanol–water partition coefficient (Wildman–Crippen LogP) is 0.105. The highest BCUT2D eigenvalue weighted by Crippen LogP contribution is 1.87. The number of rotatable bonds is 6. The first-order valence-corrected chi connectivity index (χ1v) is 5.70. The van der Waals surface area contributed by atoms with E-state index < -0.39 is 0 Å². The number of guanidine groups is 1. The Kier molecular flexibility index (Phi) is 7.74. The fourth-order valence-corrected chi connectivity index (χ4v) is 1.18. The average molecular weight is 268 g/mol. The van der Waals surface area contributed by atoms with Gasteiger partial charge < -0.3 is 5.84 Å². The molecule has 0 radical (unpaired) electrons. The number of nitrogens with one attached hydrogen (secondary N) is 2. The number of nitrogens with zero attached hydrogens (tertiary/aromatic N) is 3. The van der Waals surface area contributed by atoms with Gasteiger partial charge in [-0.3, -0.25) is 9.59 Å². The minimum atomic E-state index is 0.0116. The van der Waals surface area contributed by atoms with E-state index in [9.17, 15) is 9.59 Å². The van der Waals surface area contributed by atoms with Crippen LogP contribution in [-0.4, -0.2) is 28.9 Å². The van der Waals surface area contributed by atoms with Crippen LogP contribution < -0.4 is 16.7 Å². The highest BCUT2D eigenvalue weighted by Gasteiger charge is 2.00. The van der Waals surface area contributed by atoms with Crippen molar-refractivity contribution < 1.29 is 9.59 Å². The monoisotopic (exact) mass is 268 g/mol. The number of carbonyl (C=O) groups excluding carboxylic acids is 2. The van der Waals surface area contributed by atoms with Crippen molar-refractivity contribution in [3.63, 3.8) is 0 Å². The Morgan fingerprint density at radius 3 is 1.53 bits per heavy atom. The maximum atomic E-state index is 10.9. The van der Waals surface area contributed by atoms with Crippen LogP contribution in [0.3, 0.4) is 0 Å². The molecule has 0 amide bonds. The fraction of sp³-hybridized carbons (Fsp3) is 0.545. The van der Waals surface area contributed by atoms with Crippen molar-refractivity contribution in [2.24, 2.45) is 21.1 Å². The van der Waals surface area contributed by atoms with Gasteiger partial charge in [0, 0.05) is 24.3 Å². The highest BCUT2D eigenvalue weighted by atomic mass is 16.1. The number of Topliss-reactive ketones (excluding diaryl/α,β-unsaturated/α-hetero) is 2. The van der Waals surface area contributed by atoms with E-state index in [2.05, 4.69) is 26.2 Å². The van der Waals surface area contributed by atoms with E-state index >= 15 is 0 Å². The van der Waals surface area contributed by atoms with Gasteiger partial charge in [0.1, 0.15) is 11.6 Å². The zero-order valence-corrected chi connectivity index (χ0v) is 11.6. The molecular weight excluding hydrogens is 248 g/mol. The Morgan fingerprint density at radius 1 is 0.895 bits per heavy atom. The molecule has 0 aromatic rings. The van der Waals surface area contributed by atoms with Gasteiger partial charge in [0.05, 0.1) is 0 Å². The quantitative estimate of drug-likeness (QED) is 0.273. The summed E-state index contributed by atoms with van der Waals surface area (Å²) in [6.07, 6.45) is 0.495. The van der Waals surface area contributed by atoms with Crippen LogP contribution in [0.15, 0.2) is 15.3 Å². The Bertz CT molecular complexity index is 389. The van der Waals surface area contributed by atoms with Gasteiger partial charge in [0.15, 0.2) is 0 Å². The zero-order valence-electron chi connectivity index (χ0n) is 11.6. The zero-order chi connectivity index (χ0) is 14.8. The third-order valence-electron chi connectivity index (χ3n) is 1.84. The summed E-state index contributed by atoms with van der Waals surface area (Å²) < 4.78 is 0. The molecule has 0 spiro atoms. The first kappa shape index (κ1) is 16.8. The largest absolute Gasteiger partial charge is 0.320 e. The van der Waals surface area contributed by atoms with Crippen LogP contribution in [0.5, 0.6) is 0 Å². The van der Waals surface area contributed by atoms with Crippen molar-refractivity contribution in [2.45, 2.75) is 40.5 Å². The third-order valence-corrected chi connectivity index (χ3v) is 1.84. The van der Waals surface area contributed by atoms with E-state index in [-0.39, 0.29) is 30.4 Å². The number of nitrogens with two attached hydrogens (primary N) is 1. The Hall–Kier alpha value is -2.25. The SMILES string of the molecule is CC(=O)C/C(C)=N/NC(=NN)N/N=C(\C)CC(C)=O. The lowest BCUT2D eigenvalue weighted by molar-refractivity contribution is -0.116. The number of hydrogen-bond acceptors (Lipinski definition) is 6. The molecule has 8 nitrogen and oxygen atoms in total. The maximum Gasteiger partial charge on any atom is 0.254 e. The summed E-state index contributed by atoms with van der Waals surface area (Å²) in [7, 11) is 0. The van der Waals surface area contributed by atoms with Gasteiger partial charge in [-0.15, -0.1) is 5.10 Å². The van der Waals surface area contributed by atoms with E-state index in [1.165, 1.54) is 13.8 Å². The summed E-state index contributed by atoms with van der Waals surface area (Å²) in [6, 6.07) is 0. The molecule has 19 heavy (non-hydrogen) atoms. The molecule has 0 aliphatic heterocycles. The van der Waals surface area contributed by atoms with Crippen LogP contribution >= 0.6 is 0 Å². The second-order valence-electron chi connectivity index (χ2n) is 4.15. The molecule has 0 rings (SSSR count). The molecule has 0 saturated heterocycles. The van der Waals surface area contributed by atoms with Crippen LogP contribution in [0, 0.1) is 0 Å². The molecule has 0 fully saturated rings. The van der Waals surface area contributed by atoms with Crippen LogP contribution in [0.2, 0.25) is 0 Å². The summed E-state index contributed by atoms with van der Waals surface area (Å²) in [5, 5.41) is 11.2. The number of carbonyl (C=O) groups is 2. The van der Waals surface area contributed by atoms with Crippen LogP contribution in [0.4, 0.5) is 0 Å². The van der Waals surface area contributed by atoms with Gasteiger partial charge in [-0.25, -0.2) is 10.9 Å². The Morgan fingerprint density at radius 2 is 1.26 bits per heavy atom. The van der Waals surface area contributed by atoms with Crippen LogP contribution in [0.1, 0.15) is 40.5 Å². The molecular formula is C11H20N6O2. The van der Waals surface area contributed by atoms with Gasteiger partial charge in [-0.1, -0.05) is 0 Å². The maximum absolute atomic E-state index is 10.9. The summed E-state index contributed by atoms with van der Waals surface area (Å²) in [5.74, 6) is 5.28. The van der Waals surface area contributed by atoms with Gasteiger partial charge in [0.25, 0.3) is 5.96 Å². The molecule has 106 valence electrons. The summed E-state index contributed by atoms with van der Waals surface area (Å²) in [5.41, 5.74) is 6.28. The van der Waals surface area contributed by atoms with E-state index in [0.29, 0.717) is 11.4 Å². The lowest BCUT2D eigenvalue weighted by Gasteiger charge is -2.05. The highest BCUT2D eigenvalue weighted by molar-refractivity contribution is 6.01. The Labute approximate surface area is 112 Å². The normalized spacial score (nSPS) is 11.8. The smallest absolute Gasteiger partial charge is 0.254 e. The first-order chi connectivity index (χ1) is 8.85. The number of ketones is 2. The number of hydrazone groups is 3. The summed E-state index contributed by atoms with van der Waals surface area (Å²) >= 11 is 0. The minimum Gasteiger partial charge on any atom is -0.320 e. The number of hydrogen-bond donors (Lipinski definition) is 3. The fourth-order valence-electron chi connectivity index (χ4n) is 1.18. The molecule has 0 aromatic carbocycles. The van der Waals surface area contributed by atoms with Gasteiger partial charge >= 0.3 is 0 Å². The lowest BCUT2D eigenvalue weighted by atomic mass is 10.2. The van der Waals surface area contributed by atoms with Gasteiger partial charge in [-0.05, 0) is 27.7 Å². The van der Waals surface area contributed by atoms with E-state index in [0.717, 1.165) is 0 Å². The summed E-state index contributed by atoms with van der Waals surface area (Å²) in [6.45, 7) is 6.36. The van der Waals surface area contributed by atoms with E-state index in [1.54, 1.807) is 13.8 Å². The minimum absolute atomic E-state index is 0.0116. The molecule has 0 saturated carbocycles. The van der Waals surface area contributed by atoms with Crippen molar-refractivity contribution in [1.29, 1.82) is 0 Å². The van der Waals surface area contributed by atoms with Crippen molar-refractivity contribution in [3.8, 4) is 0 Å². The van der Waals surface area contributed by atoms with Gasteiger partial charge in [-0.2, -0.15) is 10.2 Å². The summed E-state index contributed by atoms with van der Waals surface area (Å²) in [4.78, 5) is 21.7. The molecule has 0 aliphatic rings. The second-order valence-corrected chi connectivity index (χ2v) is 4.15. The van der Waals surface area contributed by atoms with Gasteiger partial charge in [0.2, 0.25) is 0 Å². The standard InChI is InChI=1S/C11H20N6O2/c1-7(5-9(3)18)14-16-11(13-12)17-15-8(2)6-10(4)19/h5-6,12H2,1-4H3,(H2,13,16,17)/b14-7+,15-8+. The molecule has 0 heterocycles. The van der Waals surface area contributed by atoms with Crippen LogP contribution in [0.25, 0.3) is 0 Å². The van der Waals surface area contributed by atoms with Crippen molar-refractivity contribution in [3.05, 3.63) is 0 Å². The third kappa shape index (κ3) is 9.45. The molecule has 0 unspecified atom stereocenters. The predicted molar refractivity (Wildman–Crippen MR) is 74.7 cm³/mol. The molecule has 8 heteroatoms. The van der Waals surface area contributed by atoms with Crippen molar-refractivity contribution in [1.82, 2.24) is 10.9 Å². The average Bonchev–Trinajstić information content (AvgIpc) is 2.27. The second kappa shape index (κ2) is 8.78. The molecule has 0 aromatic heterocycles. The topological polar surface area (TPSA) is 121 Å². The Balaban J connectivity index is 4.38. The first-order valence-electron chi connectivity index (χ1n) is 5.70. The molecule has 0 atom stereocenters. The lowest BCUT2D eigenvalue weighted by Crippen LogP contribution is -2.33. The molecule has 0 bridgehead atoms. The molecule has 0 aliphatic carbocycles. The van der Waals surface area contributed by atoms with E-state index in [1.807, 2.05) is 0 Å².